The smallest absolute Gasteiger partial charge is 0.387 e. The predicted molar refractivity (Wildman–Crippen MR) is 80.0 cm³/mol. The number of ether oxygens (including phenoxy) is 2. The molecule has 0 aliphatic carbocycles. The SMILES string of the molecule is NCc1cc(C#Cc2ccc(F)c(OC(F)F)c2)ccc1OC(F)F. The van der Waals surface area contributed by atoms with Crippen LogP contribution in [-0.4, -0.2) is 13.2 Å². The highest BCUT2D eigenvalue weighted by Crippen LogP contribution is 2.22. The summed E-state index contributed by atoms with van der Waals surface area (Å²) in [6, 6.07) is 7.47. The zero-order valence-corrected chi connectivity index (χ0v) is 12.6. The number of alkyl halides is 4. The number of halogens is 5. The van der Waals surface area contributed by atoms with Gasteiger partial charge in [0.05, 0.1) is 0 Å². The molecule has 0 amide bonds. The second kappa shape index (κ2) is 8.35. The summed E-state index contributed by atoms with van der Waals surface area (Å²) >= 11 is 0. The Kier molecular flexibility index (Phi) is 6.19. The highest BCUT2D eigenvalue weighted by Gasteiger charge is 2.10. The summed E-state index contributed by atoms with van der Waals surface area (Å²) in [7, 11) is 0. The summed E-state index contributed by atoms with van der Waals surface area (Å²) in [5, 5.41) is 0. The quantitative estimate of drug-likeness (QED) is 0.652. The second-order valence-corrected chi connectivity index (χ2v) is 4.68. The van der Waals surface area contributed by atoms with Crippen molar-refractivity contribution in [2.75, 3.05) is 0 Å². The van der Waals surface area contributed by atoms with Crippen LogP contribution in [-0.2, 0) is 6.54 Å². The number of hydrogen-bond acceptors (Lipinski definition) is 3. The number of rotatable bonds is 5. The van der Waals surface area contributed by atoms with Crippen LogP contribution in [0, 0.1) is 17.7 Å². The lowest BCUT2D eigenvalue weighted by Crippen LogP contribution is -2.07. The molecule has 0 aliphatic heterocycles. The lowest BCUT2D eigenvalue weighted by molar-refractivity contribution is -0.0524. The van der Waals surface area contributed by atoms with Crippen LogP contribution in [0.5, 0.6) is 11.5 Å². The summed E-state index contributed by atoms with van der Waals surface area (Å²) < 4.78 is 70.7. The van der Waals surface area contributed by atoms with E-state index >= 15 is 0 Å². The molecule has 2 rings (SSSR count). The topological polar surface area (TPSA) is 44.5 Å². The van der Waals surface area contributed by atoms with Crippen molar-refractivity contribution in [1.29, 1.82) is 0 Å². The normalized spacial score (nSPS) is 10.6. The zero-order chi connectivity index (χ0) is 18.4. The van der Waals surface area contributed by atoms with Gasteiger partial charge in [0.2, 0.25) is 0 Å². The summed E-state index contributed by atoms with van der Waals surface area (Å²) in [5.41, 5.74) is 6.48. The fourth-order valence-electron chi connectivity index (χ4n) is 1.94. The van der Waals surface area contributed by atoms with E-state index in [0.717, 1.165) is 12.1 Å². The van der Waals surface area contributed by atoms with Crippen LogP contribution in [0.1, 0.15) is 16.7 Å². The van der Waals surface area contributed by atoms with Gasteiger partial charge in [0, 0.05) is 23.2 Å². The van der Waals surface area contributed by atoms with Crippen molar-refractivity contribution >= 4 is 0 Å². The standard InChI is InChI=1S/C17H12F5NO2/c18-13-5-3-11(8-15(13)25-17(21)22)2-1-10-4-6-14(24-16(19)20)12(7-10)9-23/h3-8,16-17H,9,23H2. The first kappa shape index (κ1) is 18.5. The molecule has 2 N–H and O–H groups in total. The Morgan fingerprint density at radius 2 is 1.40 bits per heavy atom. The molecule has 0 heterocycles. The van der Waals surface area contributed by atoms with Gasteiger partial charge in [0.1, 0.15) is 5.75 Å². The Labute approximate surface area is 140 Å². The summed E-state index contributed by atoms with van der Waals surface area (Å²) in [4.78, 5) is 0. The van der Waals surface area contributed by atoms with Gasteiger partial charge in [-0.25, -0.2) is 4.39 Å². The van der Waals surface area contributed by atoms with Crippen LogP contribution >= 0.6 is 0 Å². The molecule has 0 unspecified atom stereocenters. The fourth-order valence-corrected chi connectivity index (χ4v) is 1.94. The fraction of sp³-hybridized carbons (Fsp3) is 0.176. The minimum Gasteiger partial charge on any atom is -0.434 e. The van der Waals surface area contributed by atoms with E-state index < -0.39 is 24.8 Å². The van der Waals surface area contributed by atoms with Gasteiger partial charge >= 0.3 is 13.2 Å². The number of nitrogens with two attached hydrogens (primary N) is 1. The van der Waals surface area contributed by atoms with E-state index in [2.05, 4.69) is 21.3 Å². The highest BCUT2D eigenvalue weighted by molar-refractivity contribution is 5.49. The Balaban J connectivity index is 2.26. The van der Waals surface area contributed by atoms with Gasteiger partial charge in [0.15, 0.2) is 11.6 Å². The Morgan fingerprint density at radius 1 is 0.840 bits per heavy atom. The van der Waals surface area contributed by atoms with E-state index in [1.807, 2.05) is 0 Å². The molecule has 2 aromatic rings. The van der Waals surface area contributed by atoms with Crippen molar-refractivity contribution in [2.24, 2.45) is 5.73 Å². The largest absolute Gasteiger partial charge is 0.434 e. The van der Waals surface area contributed by atoms with E-state index in [-0.39, 0.29) is 17.9 Å². The molecule has 0 aromatic heterocycles. The molecule has 0 atom stereocenters. The van der Waals surface area contributed by atoms with Gasteiger partial charge in [-0.3, -0.25) is 0 Å². The minimum absolute atomic E-state index is 0.0412. The molecule has 0 aliphatic rings. The van der Waals surface area contributed by atoms with Gasteiger partial charge in [0.25, 0.3) is 0 Å². The molecule has 0 radical (unpaired) electrons. The van der Waals surface area contributed by atoms with Crippen molar-refractivity contribution in [3.8, 4) is 23.3 Å². The van der Waals surface area contributed by atoms with Crippen molar-refractivity contribution < 1.29 is 31.4 Å². The van der Waals surface area contributed by atoms with E-state index in [4.69, 9.17) is 5.73 Å². The summed E-state index contributed by atoms with van der Waals surface area (Å²) in [6.45, 7) is -6.18. The molecule has 2 aromatic carbocycles. The average molecular weight is 357 g/mol. The predicted octanol–water partition coefficient (Wildman–Crippen LogP) is 3.89. The molecule has 0 saturated heterocycles. The van der Waals surface area contributed by atoms with Crippen molar-refractivity contribution in [3.63, 3.8) is 0 Å². The molecule has 0 fully saturated rings. The maximum absolute atomic E-state index is 13.3. The van der Waals surface area contributed by atoms with Gasteiger partial charge in [-0.05, 0) is 36.4 Å². The molecule has 0 saturated carbocycles. The third-order valence-electron chi connectivity index (χ3n) is 2.99. The number of hydrogen-bond donors (Lipinski definition) is 1. The van der Waals surface area contributed by atoms with Crippen LogP contribution in [0.2, 0.25) is 0 Å². The lowest BCUT2D eigenvalue weighted by atomic mass is 10.1. The first-order chi connectivity index (χ1) is 11.9. The van der Waals surface area contributed by atoms with Crippen molar-refractivity contribution in [2.45, 2.75) is 19.8 Å². The Morgan fingerprint density at radius 3 is 2.00 bits per heavy atom. The van der Waals surface area contributed by atoms with E-state index in [0.29, 0.717) is 11.1 Å². The van der Waals surface area contributed by atoms with Gasteiger partial charge < -0.3 is 15.2 Å². The Bertz CT molecular complexity index is 799. The van der Waals surface area contributed by atoms with Crippen molar-refractivity contribution in [1.82, 2.24) is 0 Å². The molecule has 8 heteroatoms. The van der Waals surface area contributed by atoms with Gasteiger partial charge in [-0.15, -0.1) is 0 Å². The van der Waals surface area contributed by atoms with Crippen LogP contribution in [0.4, 0.5) is 22.0 Å². The van der Waals surface area contributed by atoms with E-state index in [1.165, 1.54) is 24.3 Å². The van der Waals surface area contributed by atoms with Crippen LogP contribution in [0.25, 0.3) is 0 Å². The zero-order valence-electron chi connectivity index (χ0n) is 12.6. The molecule has 25 heavy (non-hydrogen) atoms. The molecular formula is C17H12F5NO2. The highest BCUT2D eigenvalue weighted by atomic mass is 19.3. The van der Waals surface area contributed by atoms with Crippen LogP contribution in [0.15, 0.2) is 36.4 Å². The van der Waals surface area contributed by atoms with Crippen molar-refractivity contribution in [3.05, 3.63) is 58.9 Å². The van der Waals surface area contributed by atoms with Gasteiger partial charge in [-0.2, -0.15) is 17.6 Å². The third-order valence-corrected chi connectivity index (χ3v) is 2.99. The Hall–Kier alpha value is -2.79. The molecular weight excluding hydrogens is 345 g/mol. The third kappa shape index (κ3) is 5.36. The summed E-state index contributed by atoms with van der Waals surface area (Å²) in [6.07, 6.45) is 0. The van der Waals surface area contributed by atoms with E-state index in [9.17, 15) is 22.0 Å². The maximum atomic E-state index is 13.3. The lowest BCUT2D eigenvalue weighted by Gasteiger charge is -2.09. The first-order valence-electron chi connectivity index (χ1n) is 6.93. The average Bonchev–Trinajstić information content (AvgIpc) is 2.55. The maximum Gasteiger partial charge on any atom is 0.387 e. The molecule has 132 valence electrons. The van der Waals surface area contributed by atoms with Crippen LogP contribution < -0.4 is 15.2 Å². The monoisotopic (exact) mass is 357 g/mol. The van der Waals surface area contributed by atoms with E-state index in [1.54, 1.807) is 0 Å². The molecule has 0 bridgehead atoms. The molecule has 3 nitrogen and oxygen atoms in total. The van der Waals surface area contributed by atoms with Crippen LogP contribution in [0.3, 0.4) is 0 Å². The minimum atomic E-state index is -3.16. The molecule has 0 spiro atoms. The first-order valence-corrected chi connectivity index (χ1v) is 6.93. The van der Waals surface area contributed by atoms with Gasteiger partial charge in [-0.1, -0.05) is 11.8 Å². The number of benzene rings is 2. The second-order valence-electron chi connectivity index (χ2n) is 4.68. The summed E-state index contributed by atoms with van der Waals surface area (Å²) in [5.74, 6) is 3.73.